The second-order valence-corrected chi connectivity index (χ2v) is 6.36. The lowest BCUT2D eigenvalue weighted by molar-refractivity contribution is -0.168. The topological polar surface area (TPSA) is 78.7 Å². The van der Waals surface area contributed by atoms with E-state index in [1.165, 1.54) is 0 Å². The average Bonchev–Trinajstić information content (AvgIpc) is 2.43. The van der Waals surface area contributed by atoms with Gasteiger partial charge in [0.15, 0.2) is 5.78 Å². The number of Topliss-reactive ketones (excluding diaryl/α,β-unsaturated/α-hetero) is 1. The van der Waals surface area contributed by atoms with E-state index in [9.17, 15) is 22.8 Å². The Kier molecular flexibility index (Phi) is 4.55. The fourth-order valence-electron chi connectivity index (χ4n) is 2.78. The van der Waals surface area contributed by atoms with Gasteiger partial charge in [-0.3, -0.25) is 9.59 Å². The van der Waals surface area contributed by atoms with Gasteiger partial charge in [-0.25, -0.2) is 0 Å². The van der Waals surface area contributed by atoms with Crippen molar-refractivity contribution in [1.29, 1.82) is 0 Å². The zero-order valence-electron chi connectivity index (χ0n) is 12.7. The Morgan fingerprint density at radius 2 is 2.04 bits per heavy atom. The average molecular weight is 355 g/mol. The number of rotatable bonds is 2. The molecule has 0 aliphatic carbocycles. The Labute approximate surface area is 136 Å². The number of hydrogen-bond acceptors (Lipinski definition) is 5. The first-order chi connectivity index (χ1) is 10.5. The van der Waals surface area contributed by atoms with E-state index in [1.807, 2.05) is 18.9 Å². The van der Waals surface area contributed by atoms with E-state index in [4.69, 9.17) is 17.3 Å². The zero-order valence-corrected chi connectivity index (χ0v) is 13.5. The number of halogens is 4. The van der Waals surface area contributed by atoms with E-state index in [0.29, 0.717) is 19.6 Å². The summed E-state index contributed by atoms with van der Waals surface area (Å²) in [6, 6.07) is 0.0559. The first-order valence-electron chi connectivity index (χ1n) is 7.02. The Morgan fingerprint density at radius 3 is 2.52 bits per heavy atom. The summed E-state index contributed by atoms with van der Waals surface area (Å²) in [5.74, 6) is -2.81. The molecule has 2 atom stereocenters. The number of carbonyl (C=O) groups excluding carboxylic acids is 2. The van der Waals surface area contributed by atoms with E-state index in [0.717, 1.165) is 0 Å². The van der Waals surface area contributed by atoms with Crippen LogP contribution in [0.4, 0.5) is 13.2 Å². The van der Waals surface area contributed by atoms with Crippen molar-refractivity contribution in [1.82, 2.24) is 15.1 Å². The van der Waals surface area contributed by atoms with Crippen molar-refractivity contribution in [3.63, 3.8) is 0 Å². The summed E-state index contributed by atoms with van der Waals surface area (Å²) in [6.45, 7) is 2.65. The number of nitrogens with one attached hydrogen (secondary N) is 1. The summed E-state index contributed by atoms with van der Waals surface area (Å²) in [6.07, 6.45) is -5.12. The highest BCUT2D eigenvalue weighted by Gasteiger charge is 2.65. The van der Waals surface area contributed by atoms with Gasteiger partial charge < -0.3 is 20.9 Å². The highest BCUT2D eigenvalue weighted by molar-refractivity contribution is 6.41. The molecule has 2 aliphatic rings. The van der Waals surface area contributed by atoms with E-state index < -0.39 is 34.9 Å². The maximum absolute atomic E-state index is 13.4. The summed E-state index contributed by atoms with van der Waals surface area (Å²) in [7, 11) is 1.89. The van der Waals surface area contributed by atoms with Gasteiger partial charge in [0.05, 0.1) is 12.1 Å². The lowest BCUT2D eigenvalue weighted by Gasteiger charge is -2.44. The third-order valence-corrected chi connectivity index (χ3v) is 4.91. The molecule has 2 rings (SSSR count). The Morgan fingerprint density at radius 1 is 1.43 bits per heavy atom. The van der Waals surface area contributed by atoms with Crippen LogP contribution in [0.3, 0.4) is 0 Å². The molecular weight excluding hydrogens is 337 g/mol. The van der Waals surface area contributed by atoms with Crippen LogP contribution in [-0.4, -0.2) is 71.8 Å². The quantitative estimate of drug-likeness (QED) is 0.684. The first-order valence-corrected chi connectivity index (χ1v) is 7.40. The first kappa shape index (κ1) is 17.9. The third-order valence-electron chi connectivity index (χ3n) is 4.29. The summed E-state index contributed by atoms with van der Waals surface area (Å²) in [4.78, 5) is 23.8. The largest absolute Gasteiger partial charge is 0.419 e. The predicted molar refractivity (Wildman–Crippen MR) is 77.5 cm³/mol. The third kappa shape index (κ3) is 2.87. The second-order valence-electron chi connectivity index (χ2n) is 5.80. The van der Waals surface area contributed by atoms with Crippen LogP contribution in [0.5, 0.6) is 0 Å². The smallest absolute Gasteiger partial charge is 0.366 e. The molecule has 2 aliphatic heterocycles. The van der Waals surface area contributed by atoms with Gasteiger partial charge in [-0.15, -0.1) is 0 Å². The maximum atomic E-state index is 13.4. The molecule has 0 aromatic rings. The molecule has 0 radical (unpaired) electrons. The summed E-state index contributed by atoms with van der Waals surface area (Å²) >= 11 is 5.63. The van der Waals surface area contributed by atoms with Crippen molar-refractivity contribution >= 4 is 23.3 Å². The second kappa shape index (κ2) is 5.86. The van der Waals surface area contributed by atoms with Crippen LogP contribution >= 0.6 is 11.6 Å². The standard InChI is InChI=1S/C13H18ClF3N4O2/c1-7-6-21(4-3-20(7)2)11-9(10(18)23)12(14,13(15,16)17)8(22)5-19-11/h7,19H,3-6H2,1-2H3,(H2,18,23). The maximum Gasteiger partial charge on any atom is 0.419 e. The Bertz CT molecular complexity index is 566. The van der Waals surface area contributed by atoms with E-state index >= 15 is 0 Å². The van der Waals surface area contributed by atoms with E-state index in [1.54, 1.807) is 4.90 Å². The number of piperazine rings is 1. The molecular formula is C13H18ClF3N4O2. The normalized spacial score (nSPS) is 30.4. The molecule has 3 N–H and O–H groups in total. The Hall–Kier alpha value is -1.48. The van der Waals surface area contributed by atoms with Gasteiger partial charge >= 0.3 is 6.18 Å². The fraction of sp³-hybridized carbons (Fsp3) is 0.692. The molecule has 2 unspecified atom stereocenters. The minimum atomic E-state index is -5.12. The number of nitrogens with two attached hydrogens (primary N) is 1. The molecule has 1 amide bonds. The van der Waals surface area contributed by atoms with E-state index in [-0.39, 0.29) is 11.9 Å². The van der Waals surface area contributed by atoms with Gasteiger partial charge in [0.25, 0.3) is 5.91 Å². The summed E-state index contributed by atoms with van der Waals surface area (Å²) in [5.41, 5.74) is 4.22. The van der Waals surface area contributed by atoms with Crippen LogP contribution in [0.2, 0.25) is 0 Å². The highest BCUT2D eigenvalue weighted by atomic mass is 35.5. The van der Waals surface area contributed by atoms with Gasteiger partial charge in [-0.1, -0.05) is 11.6 Å². The molecule has 0 aromatic carbocycles. The zero-order chi connectivity index (χ0) is 17.6. The molecule has 6 nitrogen and oxygen atoms in total. The lowest BCUT2D eigenvalue weighted by atomic mass is 9.88. The molecule has 1 saturated heterocycles. The molecule has 2 heterocycles. The van der Waals surface area contributed by atoms with Crippen LogP contribution in [0.1, 0.15) is 6.92 Å². The number of hydrogen-bond donors (Lipinski definition) is 2. The van der Waals surface area contributed by atoms with Gasteiger partial charge in [0.1, 0.15) is 5.82 Å². The molecule has 10 heteroatoms. The summed E-state index contributed by atoms with van der Waals surface area (Å²) in [5, 5.41) is 2.58. The van der Waals surface area contributed by atoms with E-state index in [2.05, 4.69) is 5.32 Å². The number of likely N-dealkylation sites (N-methyl/N-ethyl adjacent to an activating group) is 1. The van der Waals surface area contributed by atoms with Crippen molar-refractivity contribution in [3.8, 4) is 0 Å². The lowest BCUT2D eigenvalue weighted by Crippen LogP contribution is -2.62. The number of ketones is 1. The van der Waals surface area contributed by atoms with Crippen LogP contribution in [0.15, 0.2) is 11.4 Å². The van der Waals surface area contributed by atoms with Gasteiger partial charge in [0.2, 0.25) is 4.87 Å². The Balaban J connectivity index is 2.54. The minimum Gasteiger partial charge on any atom is -0.366 e. The van der Waals surface area contributed by atoms with Crippen molar-refractivity contribution < 1.29 is 22.8 Å². The SMILES string of the molecule is CC1CN(C2=C(C(N)=O)C(Cl)(C(F)(F)F)C(=O)CN2)CCN1C. The molecule has 130 valence electrons. The molecule has 0 bridgehead atoms. The molecule has 0 spiro atoms. The van der Waals surface area contributed by atoms with Crippen LogP contribution in [-0.2, 0) is 9.59 Å². The van der Waals surface area contributed by atoms with Crippen molar-refractivity contribution in [2.75, 3.05) is 33.2 Å². The fourth-order valence-corrected chi connectivity index (χ4v) is 3.03. The summed E-state index contributed by atoms with van der Waals surface area (Å²) < 4.78 is 40.2. The van der Waals surface area contributed by atoms with Gasteiger partial charge in [0, 0.05) is 25.7 Å². The van der Waals surface area contributed by atoms with Crippen LogP contribution in [0.25, 0.3) is 0 Å². The van der Waals surface area contributed by atoms with Crippen LogP contribution in [0, 0.1) is 0 Å². The highest BCUT2D eigenvalue weighted by Crippen LogP contribution is 2.45. The number of nitrogens with zero attached hydrogens (tertiary/aromatic N) is 2. The monoisotopic (exact) mass is 354 g/mol. The van der Waals surface area contributed by atoms with Crippen LogP contribution < -0.4 is 11.1 Å². The van der Waals surface area contributed by atoms with Crippen molar-refractivity contribution in [2.45, 2.75) is 24.0 Å². The minimum absolute atomic E-state index is 0.0559. The van der Waals surface area contributed by atoms with Gasteiger partial charge in [-0.2, -0.15) is 13.2 Å². The molecule has 0 aromatic heterocycles. The van der Waals surface area contributed by atoms with Crippen molar-refractivity contribution in [3.05, 3.63) is 11.4 Å². The molecule has 0 saturated carbocycles. The number of carbonyl (C=O) groups is 2. The van der Waals surface area contributed by atoms with Crippen molar-refractivity contribution in [2.24, 2.45) is 5.73 Å². The molecule has 23 heavy (non-hydrogen) atoms. The molecule has 1 fully saturated rings. The number of alkyl halides is 4. The number of amides is 1. The number of primary amides is 1. The predicted octanol–water partition coefficient (Wildman–Crippen LogP) is 0.0314. The van der Waals surface area contributed by atoms with Gasteiger partial charge in [-0.05, 0) is 14.0 Å².